The van der Waals surface area contributed by atoms with E-state index in [1.165, 1.54) is 0 Å². The first kappa shape index (κ1) is 20.7. The van der Waals surface area contributed by atoms with Gasteiger partial charge in [-0.15, -0.1) is 0 Å². The third kappa shape index (κ3) is 5.28. The van der Waals surface area contributed by atoms with E-state index in [1.807, 2.05) is 42.5 Å². The van der Waals surface area contributed by atoms with Gasteiger partial charge in [-0.05, 0) is 36.5 Å². The van der Waals surface area contributed by atoms with Crippen molar-refractivity contribution in [3.8, 4) is 5.75 Å². The molecule has 0 atom stereocenters. The number of amides is 1. The number of hydrogen-bond donors (Lipinski definition) is 1. The number of carbonyl (C=O) groups excluding carboxylic acids is 2. The Morgan fingerprint density at radius 1 is 1.21 bits per heavy atom. The molecule has 6 heteroatoms. The lowest BCUT2D eigenvalue weighted by atomic mass is 9.97. The molecule has 3 rings (SSSR count). The van der Waals surface area contributed by atoms with Gasteiger partial charge in [0.25, 0.3) is 0 Å². The van der Waals surface area contributed by atoms with Crippen LogP contribution in [0.15, 0.2) is 42.5 Å². The average Bonchev–Trinajstić information content (AvgIpc) is 2.78. The molecule has 1 heterocycles. The number of nitrogens with zero attached hydrogens (tertiary/aromatic N) is 1. The van der Waals surface area contributed by atoms with Crippen LogP contribution in [-0.2, 0) is 22.6 Å². The highest BCUT2D eigenvalue weighted by Crippen LogP contribution is 2.35. The summed E-state index contributed by atoms with van der Waals surface area (Å²) >= 11 is 0. The molecule has 0 saturated carbocycles. The maximum Gasteiger partial charge on any atom is 0.412 e. The third-order valence-corrected chi connectivity index (χ3v) is 5.30. The van der Waals surface area contributed by atoms with Gasteiger partial charge in [0.1, 0.15) is 18.6 Å². The predicted molar refractivity (Wildman–Crippen MR) is 114 cm³/mol. The summed E-state index contributed by atoms with van der Waals surface area (Å²) in [5.74, 6) is 0.741. The summed E-state index contributed by atoms with van der Waals surface area (Å²) in [6, 6.07) is 13.5. The number of benzene rings is 2. The molecule has 1 aliphatic heterocycles. The molecule has 2 aromatic carbocycles. The molecule has 1 saturated heterocycles. The number of piperidine rings is 1. The molecule has 0 aliphatic carbocycles. The second-order valence-corrected chi connectivity index (χ2v) is 7.18. The predicted octanol–water partition coefficient (Wildman–Crippen LogP) is 4.42. The molecular weight excluding hydrogens is 368 g/mol. The zero-order chi connectivity index (χ0) is 20.6. The van der Waals surface area contributed by atoms with Gasteiger partial charge in [-0.25, -0.2) is 4.79 Å². The van der Waals surface area contributed by atoms with Gasteiger partial charge in [-0.3, -0.25) is 5.32 Å². The molecule has 29 heavy (non-hydrogen) atoms. The fraction of sp³-hybridized carbons (Fsp3) is 0.391. The van der Waals surface area contributed by atoms with Crippen molar-refractivity contribution < 1.29 is 19.1 Å². The van der Waals surface area contributed by atoms with Crippen LogP contribution in [0.5, 0.6) is 5.75 Å². The van der Waals surface area contributed by atoms with Crippen LogP contribution in [0.1, 0.15) is 30.9 Å². The minimum atomic E-state index is -0.520. The van der Waals surface area contributed by atoms with E-state index in [0.29, 0.717) is 11.4 Å². The number of anilines is 2. The summed E-state index contributed by atoms with van der Waals surface area (Å²) < 4.78 is 10.9. The fourth-order valence-corrected chi connectivity index (χ4v) is 3.60. The van der Waals surface area contributed by atoms with Gasteiger partial charge >= 0.3 is 6.09 Å². The Kier molecular flexibility index (Phi) is 7.11. The van der Waals surface area contributed by atoms with Crippen molar-refractivity contribution in [1.82, 2.24) is 0 Å². The van der Waals surface area contributed by atoms with Crippen molar-refractivity contribution in [2.24, 2.45) is 5.92 Å². The second-order valence-electron chi connectivity index (χ2n) is 7.18. The van der Waals surface area contributed by atoms with Crippen LogP contribution in [0, 0.1) is 5.92 Å². The number of aryl methyl sites for hydroxylation is 1. The Morgan fingerprint density at radius 3 is 2.55 bits per heavy atom. The largest absolute Gasteiger partial charge is 0.494 e. The van der Waals surface area contributed by atoms with E-state index in [-0.39, 0.29) is 12.5 Å². The number of carbonyl (C=O) groups is 2. The van der Waals surface area contributed by atoms with Gasteiger partial charge in [-0.1, -0.05) is 37.3 Å². The van der Waals surface area contributed by atoms with Crippen LogP contribution in [0.3, 0.4) is 0 Å². The number of methoxy groups -OCH3 is 1. The molecule has 0 unspecified atom stereocenters. The van der Waals surface area contributed by atoms with Crippen LogP contribution in [-0.4, -0.2) is 32.6 Å². The molecule has 6 nitrogen and oxygen atoms in total. The summed E-state index contributed by atoms with van der Waals surface area (Å²) in [4.78, 5) is 25.6. The smallest absolute Gasteiger partial charge is 0.412 e. The van der Waals surface area contributed by atoms with E-state index < -0.39 is 6.09 Å². The Morgan fingerprint density at radius 2 is 1.93 bits per heavy atom. The quantitative estimate of drug-likeness (QED) is 0.702. The van der Waals surface area contributed by atoms with E-state index in [9.17, 15) is 9.59 Å². The lowest BCUT2D eigenvalue weighted by Crippen LogP contribution is -2.34. The molecule has 0 radical (unpaired) electrons. The third-order valence-electron chi connectivity index (χ3n) is 5.30. The SMILES string of the molecule is CCc1cc(NC(=O)OCc2ccccc2)c(OC)cc1N1CCC(C=O)CC1. The maximum atomic E-state index is 12.3. The number of aldehydes is 1. The summed E-state index contributed by atoms with van der Waals surface area (Å²) in [5, 5.41) is 2.80. The first-order valence-electron chi connectivity index (χ1n) is 10.0. The lowest BCUT2D eigenvalue weighted by Gasteiger charge is -2.33. The van der Waals surface area contributed by atoms with E-state index >= 15 is 0 Å². The van der Waals surface area contributed by atoms with E-state index in [0.717, 1.165) is 55.5 Å². The van der Waals surface area contributed by atoms with Gasteiger partial charge < -0.3 is 19.2 Å². The highest BCUT2D eigenvalue weighted by molar-refractivity contribution is 5.88. The van der Waals surface area contributed by atoms with Crippen LogP contribution >= 0.6 is 0 Å². The van der Waals surface area contributed by atoms with Crippen LogP contribution in [0.25, 0.3) is 0 Å². The Labute approximate surface area is 171 Å². The molecule has 1 amide bonds. The van der Waals surface area contributed by atoms with Crippen molar-refractivity contribution >= 4 is 23.8 Å². The van der Waals surface area contributed by atoms with Gasteiger partial charge in [-0.2, -0.15) is 0 Å². The van der Waals surface area contributed by atoms with Crippen molar-refractivity contribution in [3.63, 3.8) is 0 Å². The average molecular weight is 396 g/mol. The molecule has 1 aliphatic rings. The summed E-state index contributed by atoms with van der Waals surface area (Å²) in [7, 11) is 1.59. The van der Waals surface area contributed by atoms with Crippen LogP contribution in [0.2, 0.25) is 0 Å². The maximum absolute atomic E-state index is 12.3. The molecular formula is C23H28N2O4. The Hall–Kier alpha value is -3.02. The van der Waals surface area contributed by atoms with Gasteiger partial charge in [0, 0.05) is 30.8 Å². The Balaban J connectivity index is 1.72. The highest BCUT2D eigenvalue weighted by Gasteiger charge is 2.22. The monoisotopic (exact) mass is 396 g/mol. The summed E-state index contributed by atoms with van der Waals surface area (Å²) in [6.45, 7) is 3.97. The molecule has 0 bridgehead atoms. The second kappa shape index (κ2) is 9.96. The van der Waals surface area contributed by atoms with E-state index in [2.05, 4.69) is 17.1 Å². The fourth-order valence-electron chi connectivity index (χ4n) is 3.60. The molecule has 154 valence electrons. The highest BCUT2D eigenvalue weighted by atomic mass is 16.5. The molecule has 2 aromatic rings. The zero-order valence-corrected chi connectivity index (χ0v) is 17.0. The Bertz CT molecular complexity index is 830. The van der Waals surface area contributed by atoms with Crippen molar-refractivity contribution in [2.45, 2.75) is 32.8 Å². The zero-order valence-electron chi connectivity index (χ0n) is 17.0. The molecule has 0 spiro atoms. The number of hydrogen-bond acceptors (Lipinski definition) is 5. The normalized spacial score (nSPS) is 14.3. The van der Waals surface area contributed by atoms with Gasteiger partial charge in [0.2, 0.25) is 0 Å². The number of ether oxygens (including phenoxy) is 2. The lowest BCUT2D eigenvalue weighted by molar-refractivity contribution is -0.111. The van der Waals surface area contributed by atoms with Gasteiger partial charge in [0.05, 0.1) is 12.8 Å². The molecule has 0 aromatic heterocycles. The van der Waals surface area contributed by atoms with Crippen LogP contribution < -0.4 is 15.0 Å². The first-order valence-corrected chi connectivity index (χ1v) is 10.0. The summed E-state index contributed by atoms with van der Waals surface area (Å²) in [5.41, 5.74) is 3.73. The number of nitrogens with one attached hydrogen (secondary N) is 1. The minimum Gasteiger partial charge on any atom is -0.494 e. The minimum absolute atomic E-state index is 0.151. The standard InChI is InChI=1S/C23H28N2O4/c1-3-19-13-20(24-23(27)29-16-18-7-5-4-6-8-18)22(28-2)14-21(19)25-11-9-17(15-26)10-12-25/h4-8,13-15,17H,3,9-12,16H2,1-2H3,(H,24,27). The van der Waals surface area contributed by atoms with Crippen LogP contribution in [0.4, 0.5) is 16.2 Å². The van der Waals surface area contributed by atoms with E-state index in [1.54, 1.807) is 7.11 Å². The van der Waals surface area contributed by atoms with E-state index in [4.69, 9.17) is 9.47 Å². The van der Waals surface area contributed by atoms with Crippen molar-refractivity contribution in [1.29, 1.82) is 0 Å². The van der Waals surface area contributed by atoms with Crippen molar-refractivity contribution in [3.05, 3.63) is 53.6 Å². The van der Waals surface area contributed by atoms with Gasteiger partial charge in [0.15, 0.2) is 0 Å². The first-order chi connectivity index (χ1) is 14.1. The topological polar surface area (TPSA) is 67.9 Å². The summed E-state index contributed by atoms with van der Waals surface area (Å²) in [6.07, 6.45) is 3.09. The number of rotatable bonds is 7. The molecule has 1 N–H and O–H groups in total. The molecule has 1 fully saturated rings. The van der Waals surface area contributed by atoms with Crippen molar-refractivity contribution in [2.75, 3.05) is 30.4 Å².